The Morgan fingerprint density at radius 3 is 2.80 bits per heavy atom. The van der Waals surface area contributed by atoms with Gasteiger partial charge >= 0.3 is 0 Å². The first-order valence-electron chi connectivity index (χ1n) is 12.2. The molecule has 0 spiro atoms. The zero-order chi connectivity index (χ0) is 23.2. The lowest BCUT2D eigenvalue weighted by molar-refractivity contribution is 0.636. The molecule has 1 fully saturated rings. The van der Waals surface area contributed by atoms with Crippen LogP contribution in [-0.2, 0) is 0 Å². The van der Waals surface area contributed by atoms with Crippen molar-refractivity contribution in [2.75, 3.05) is 18.4 Å². The number of anilines is 1. The monoisotopic (exact) mass is 459 g/mol. The highest BCUT2D eigenvalue weighted by Gasteiger charge is 2.21. The second kappa shape index (κ2) is 8.29. The zero-order valence-corrected chi connectivity index (χ0v) is 19.3. The minimum absolute atomic E-state index is 0.355. The second-order valence-electron chi connectivity index (χ2n) is 9.23. The summed E-state index contributed by atoms with van der Waals surface area (Å²) in [5.41, 5.74) is 5.93. The van der Waals surface area contributed by atoms with Gasteiger partial charge in [-0.1, -0.05) is 36.4 Å². The molecule has 35 heavy (non-hydrogen) atoms. The Balaban J connectivity index is 1.45. The Morgan fingerprint density at radius 2 is 1.89 bits per heavy atom. The number of rotatable bonds is 4. The quantitative estimate of drug-likeness (QED) is 0.341. The molecule has 7 heteroatoms. The normalized spacial score (nSPS) is 17.9. The van der Waals surface area contributed by atoms with Gasteiger partial charge in [-0.3, -0.25) is 4.98 Å². The van der Waals surface area contributed by atoms with E-state index in [0.29, 0.717) is 11.9 Å². The third-order valence-electron chi connectivity index (χ3n) is 7.03. The summed E-state index contributed by atoms with van der Waals surface area (Å²) >= 11 is 0. The highest BCUT2D eigenvalue weighted by Crippen LogP contribution is 2.37. The van der Waals surface area contributed by atoms with Crippen molar-refractivity contribution in [1.82, 2.24) is 30.2 Å². The standard InChI is InChI=1S/C28H25N7/c1-2-9-22-19(8-1)24-20(11-14-31-27(24)33-22)26-34-23-16-30-15-21(17-5-3-6-17)25(23)28(35-26)32-18-7-4-12-29-13-10-18/h1-3,5-6,8-9,11,14-16,18,29H,4,7,10,12-13H2,(H,31,33)(H,32,34,35). The predicted molar refractivity (Wildman–Crippen MR) is 141 cm³/mol. The van der Waals surface area contributed by atoms with Crippen LogP contribution >= 0.6 is 0 Å². The van der Waals surface area contributed by atoms with Gasteiger partial charge in [-0.2, -0.15) is 0 Å². The topological polar surface area (TPSA) is 91.4 Å². The molecule has 172 valence electrons. The lowest BCUT2D eigenvalue weighted by Crippen LogP contribution is -2.22. The number of hydrogen-bond donors (Lipinski definition) is 3. The van der Waals surface area contributed by atoms with Crippen molar-refractivity contribution < 1.29 is 0 Å². The van der Waals surface area contributed by atoms with Crippen molar-refractivity contribution in [1.29, 1.82) is 0 Å². The molecule has 7 rings (SSSR count). The van der Waals surface area contributed by atoms with E-state index in [1.165, 1.54) is 0 Å². The van der Waals surface area contributed by atoms with E-state index in [-0.39, 0.29) is 0 Å². The number of hydrogen-bond acceptors (Lipinski definition) is 6. The third kappa shape index (κ3) is 3.47. The molecular weight excluding hydrogens is 434 g/mol. The molecule has 1 aromatic carbocycles. The van der Waals surface area contributed by atoms with E-state index in [1.54, 1.807) is 0 Å². The maximum Gasteiger partial charge on any atom is 0.163 e. The van der Waals surface area contributed by atoms with Gasteiger partial charge in [-0.25, -0.2) is 15.0 Å². The largest absolute Gasteiger partial charge is 0.367 e. The summed E-state index contributed by atoms with van der Waals surface area (Å²) in [4.78, 5) is 22.8. The van der Waals surface area contributed by atoms with E-state index in [4.69, 9.17) is 9.97 Å². The lowest BCUT2D eigenvalue weighted by atomic mass is 9.97. The molecular formula is C28H25N7. The highest BCUT2D eigenvalue weighted by atomic mass is 15.1. The molecule has 5 heterocycles. The molecule has 5 aromatic rings. The molecule has 3 N–H and O–H groups in total. The van der Waals surface area contributed by atoms with Crippen LogP contribution in [0.3, 0.4) is 0 Å². The fourth-order valence-electron chi connectivity index (χ4n) is 5.21. The maximum absolute atomic E-state index is 5.17. The van der Waals surface area contributed by atoms with Crippen molar-refractivity contribution >= 4 is 44.2 Å². The SMILES string of the molecule is C1=CC(c2cncc3nc(-c4ccnc5[nH]c6ccccc6c45)nc(NC4CCCNCC4)c23)=C1. The van der Waals surface area contributed by atoms with Gasteiger partial charge < -0.3 is 15.6 Å². The summed E-state index contributed by atoms with van der Waals surface area (Å²) < 4.78 is 0. The average Bonchev–Trinajstić information content (AvgIpc) is 3.04. The van der Waals surface area contributed by atoms with Crippen molar-refractivity contribution in [2.45, 2.75) is 25.3 Å². The smallest absolute Gasteiger partial charge is 0.163 e. The van der Waals surface area contributed by atoms with Crippen LogP contribution in [-0.4, -0.2) is 44.1 Å². The van der Waals surface area contributed by atoms with Gasteiger partial charge in [0.05, 0.1) is 17.1 Å². The minimum atomic E-state index is 0.355. The number of benzene rings is 1. The number of para-hydroxylation sites is 1. The first kappa shape index (κ1) is 20.3. The Morgan fingerprint density at radius 1 is 0.943 bits per heavy atom. The lowest BCUT2D eigenvalue weighted by Gasteiger charge is -2.20. The Labute approximate surface area is 202 Å². The molecule has 1 saturated heterocycles. The summed E-state index contributed by atoms with van der Waals surface area (Å²) in [6.45, 7) is 2.08. The van der Waals surface area contributed by atoms with Crippen LogP contribution in [0.15, 0.2) is 67.2 Å². The summed E-state index contributed by atoms with van der Waals surface area (Å²) in [5.74, 6) is 1.56. The van der Waals surface area contributed by atoms with E-state index in [2.05, 4.69) is 62.0 Å². The Bertz CT molecular complexity index is 1640. The van der Waals surface area contributed by atoms with Crippen LogP contribution in [0.5, 0.6) is 0 Å². The number of nitrogens with one attached hydrogen (secondary N) is 3. The Kier molecular flexibility index (Phi) is 4.80. The number of H-pyrrole nitrogens is 1. The molecule has 1 atom stereocenters. The third-order valence-corrected chi connectivity index (χ3v) is 7.03. The van der Waals surface area contributed by atoms with E-state index in [0.717, 1.165) is 87.7 Å². The first-order chi connectivity index (χ1) is 17.3. The van der Waals surface area contributed by atoms with Gasteiger partial charge in [0, 0.05) is 45.9 Å². The van der Waals surface area contributed by atoms with Crippen LogP contribution in [0.4, 0.5) is 5.82 Å². The Hall–Kier alpha value is -4.10. The van der Waals surface area contributed by atoms with Gasteiger partial charge in [0.1, 0.15) is 11.5 Å². The van der Waals surface area contributed by atoms with Crippen LogP contribution in [0, 0.1) is 0 Å². The summed E-state index contributed by atoms with van der Waals surface area (Å²) in [6.07, 6.45) is 15.2. The molecule has 1 aliphatic carbocycles. The van der Waals surface area contributed by atoms with Crippen molar-refractivity contribution in [2.24, 2.45) is 0 Å². The maximum atomic E-state index is 5.17. The van der Waals surface area contributed by atoms with E-state index in [9.17, 15) is 0 Å². The van der Waals surface area contributed by atoms with Crippen LogP contribution in [0.1, 0.15) is 24.8 Å². The summed E-state index contributed by atoms with van der Waals surface area (Å²) in [7, 11) is 0. The molecule has 4 aromatic heterocycles. The first-order valence-corrected chi connectivity index (χ1v) is 12.2. The van der Waals surface area contributed by atoms with E-state index >= 15 is 0 Å². The molecule has 0 bridgehead atoms. The van der Waals surface area contributed by atoms with Crippen LogP contribution in [0.25, 0.3) is 49.8 Å². The zero-order valence-electron chi connectivity index (χ0n) is 19.3. The van der Waals surface area contributed by atoms with Crippen molar-refractivity contribution in [3.05, 3.63) is 72.7 Å². The van der Waals surface area contributed by atoms with Crippen molar-refractivity contribution in [3.8, 4) is 11.4 Å². The van der Waals surface area contributed by atoms with Gasteiger partial charge in [0.2, 0.25) is 0 Å². The number of nitrogens with zero attached hydrogens (tertiary/aromatic N) is 4. The molecule has 2 aliphatic rings. The van der Waals surface area contributed by atoms with E-state index < -0.39 is 0 Å². The van der Waals surface area contributed by atoms with Gasteiger partial charge in [0.25, 0.3) is 0 Å². The molecule has 1 aliphatic heterocycles. The fourth-order valence-corrected chi connectivity index (χ4v) is 5.21. The molecule has 0 amide bonds. The predicted octanol–water partition coefficient (Wildman–Crippen LogP) is 5.23. The van der Waals surface area contributed by atoms with Crippen LogP contribution in [0.2, 0.25) is 0 Å². The van der Waals surface area contributed by atoms with E-state index in [1.807, 2.05) is 30.7 Å². The summed E-state index contributed by atoms with van der Waals surface area (Å²) in [6, 6.07) is 10.6. The van der Waals surface area contributed by atoms with Gasteiger partial charge in [-0.05, 0) is 50.1 Å². The van der Waals surface area contributed by atoms with Gasteiger partial charge in [-0.15, -0.1) is 0 Å². The van der Waals surface area contributed by atoms with Crippen LogP contribution < -0.4 is 10.6 Å². The number of aromatic amines is 1. The molecule has 0 saturated carbocycles. The summed E-state index contributed by atoms with van der Waals surface area (Å²) in [5, 5.41) is 10.5. The fraction of sp³-hybridized carbons (Fsp3) is 0.214. The number of pyridine rings is 2. The van der Waals surface area contributed by atoms with Crippen molar-refractivity contribution in [3.63, 3.8) is 0 Å². The number of fused-ring (bicyclic) bond motifs is 4. The number of allylic oxidation sites excluding steroid dienone is 4. The number of aromatic nitrogens is 5. The average molecular weight is 460 g/mol. The minimum Gasteiger partial charge on any atom is -0.367 e. The highest BCUT2D eigenvalue weighted by molar-refractivity contribution is 6.12. The molecule has 7 nitrogen and oxygen atoms in total. The van der Waals surface area contributed by atoms with Gasteiger partial charge in [0.15, 0.2) is 5.82 Å². The second-order valence-corrected chi connectivity index (χ2v) is 9.23. The molecule has 1 unspecified atom stereocenters. The molecule has 0 radical (unpaired) electrons.